The molecule has 0 saturated heterocycles. The van der Waals surface area contributed by atoms with Crippen LogP contribution in [0.15, 0.2) is 36.5 Å². The second-order valence-corrected chi connectivity index (χ2v) is 4.60. The number of halogens is 3. The number of hydrogen-bond acceptors (Lipinski definition) is 2. The number of aromatic nitrogens is 1. The van der Waals surface area contributed by atoms with E-state index in [1.807, 2.05) is 0 Å². The van der Waals surface area contributed by atoms with Gasteiger partial charge in [0.2, 0.25) is 0 Å². The van der Waals surface area contributed by atoms with Crippen molar-refractivity contribution < 1.29 is 8.78 Å². The smallest absolute Gasteiger partial charge is 0.142 e. The molecule has 0 radical (unpaired) electrons. The molecule has 19 heavy (non-hydrogen) atoms. The Balaban J connectivity index is 2.18. The number of nitrogens with one attached hydrogen (secondary N) is 1. The lowest BCUT2D eigenvalue weighted by atomic mass is 10.0. The van der Waals surface area contributed by atoms with Gasteiger partial charge in [-0.05, 0) is 43.3 Å². The van der Waals surface area contributed by atoms with Gasteiger partial charge in [-0.2, -0.15) is 0 Å². The minimum absolute atomic E-state index is 0.102. The summed E-state index contributed by atoms with van der Waals surface area (Å²) in [6.07, 6.45) is 1.71. The van der Waals surface area contributed by atoms with Crippen molar-refractivity contribution in [2.45, 2.75) is 12.5 Å². The van der Waals surface area contributed by atoms with Gasteiger partial charge in [-0.15, -0.1) is 0 Å². The van der Waals surface area contributed by atoms with E-state index in [-0.39, 0.29) is 16.9 Å². The molecule has 100 valence electrons. The minimum atomic E-state index is -0.443. The Morgan fingerprint density at radius 3 is 2.63 bits per heavy atom. The lowest BCUT2D eigenvalue weighted by Crippen LogP contribution is -2.20. The fourth-order valence-electron chi connectivity index (χ4n) is 1.85. The third-order valence-corrected chi connectivity index (χ3v) is 3.19. The Kier molecular flexibility index (Phi) is 4.45. The first-order chi connectivity index (χ1) is 9.10. The highest BCUT2D eigenvalue weighted by molar-refractivity contribution is 6.30. The lowest BCUT2D eigenvalue weighted by Gasteiger charge is -2.15. The molecule has 2 aromatic rings. The largest absolute Gasteiger partial charge is 0.311 e. The summed E-state index contributed by atoms with van der Waals surface area (Å²) in [6, 6.07) is 7.55. The van der Waals surface area contributed by atoms with E-state index >= 15 is 0 Å². The number of pyridine rings is 1. The SMILES string of the molecule is CNC(Cc1ccc(Cl)c(F)c1)c1ccc(F)cn1. The van der Waals surface area contributed by atoms with Crippen LogP contribution in [0.4, 0.5) is 8.78 Å². The van der Waals surface area contributed by atoms with E-state index < -0.39 is 5.82 Å². The first-order valence-electron chi connectivity index (χ1n) is 5.83. The van der Waals surface area contributed by atoms with Gasteiger partial charge in [0.25, 0.3) is 0 Å². The van der Waals surface area contributed by atoms with E-state index in [4.69, 9.17) is 11.6 Å². The molecule has 1 atom stereocenters. The van der Waals surface area contributed by atoms with Gasteiger partial charge in [-0.3, -0.25) is 4.98 Å². The van der Waals surface area contributed by atoms with Crippen molar-refractivity contribution in [3.63, 3.8) is 0 Å². The van der Waals surface area contributed by atoms with Crippen molar-refractivity contribution in [2.75, 3.05) is 7.05 Å². The monoisotopic (exact) mass is 282 g/mol. The summed E-state index contributed by atoms with van der Waals surface area (Å²) in [7, 11) is 1.78. The summed E-state index contributed by atoms with van der Waals surface area (Å²) in [5, 5.41) is 3.18. The van der Waals surface area contributed by atoms with Crippen LogP contribution < -0.4 is 5.32 Å². The van der Waals surface area contributed by atoms with Gasteiger partial charge in [-0.25, -0.2) is 8.78 Å². The third-order valence-electron chi connectivity index (χ3n) is 2.88. The standard InChI is InChI=1S/C14H13ClF2N2/c1-18-14(13-5-3-10(16)8-19-13)7-9-2-4-11(15)12(17)6-9/h2-6,8,14,18H,7H2,1H3. The fraction of sp³-hybridized carbons (Fsp3) is 0.214. The highest BCUT2D eigenvalue weighted by Crippen LogP contribution is 2.20. The average Bonchev–Trinajstić information content (AvgIpc) is 2.41. The summed E-state index contributed by atoms with van der Waals surface area (Å²) < 4.78 is 26.2. The molecule has 1 aromatic carbocycles. The van der Waals surface area contributed by atoms with Crippen LogP contribution in [0.3, 0.4) is 0 Å². The molecule has 0 bridgehead atoms. The predicted molar refractivity (Wildman–Crippen MR) is 71.1 cm³/mol. The van der Waals surface area contributed by atoms with E-state index in [1.165, 1.54) is 24.4 Å². The van der Waals surface area contributed by atoms with Crippen molar-refractivity contribution in [3.8, 4) is 0 Å². The van der Waals surface area contributed by atoms with Crippen molar-refractivity contribution >= 4 is 11.6 Å². The van der Waals surface area contributed by atoms with Gasteiger partial charge in [0.15, 0.2) is 0 Å². The molecule has 0 aliphatic rings. The molecule has 0 aliphatic carbocycles. The second kappa shape index (κ2) is 6.08. The van der Waals surface area contributed by atoms with Crippen LogP contribution in [0.2, 0.25) is 5.02 Å². The molecule has 1 aromatic heterocycles. The van der Waals surface area contributed by atoms with Crippen molar-refractivity contribution in [2.24, 2.45) is 0 Å². The van der Waals surface area contributed by atoms with Gasteiger partial charge in [0, 0.05) is 0 Å². The number of likely N-dealkylation sites (N-methyl/N-ethyl adjacent to an activating group) is 1. The van der Waals surface area contributed by atoms with Gasteiger partial charge < -0.3 is 5.32 Å². The van der Waals surface area contributed by atoms with E-state index in [2.05, 4.69) is 10.3 Å². The van der Waals surface area contributed by atoms with Crippen LogP contribution in [-0.2, 0) is 6.42 Å². The zero-order chi connectivity index (χ0) is 13.8. The molecule has 1 unspecified atom stereocenters. The molecule has 0 fully saturated rings. The summed E-state index contributed by atoms with van der Waals surface area (Å²) in [5.74, 6) is -0.822. The minimum Gasteiger partial charge on any atom is -0.311 e. The topological polar surface area (TPSA) is 24.9 Å². The maximum absolute atomic E-state index is 13.4. The first-order valence-corrected chi connectivity index (χ1v) is 6.20. The van der Waals surface area contributed by atoms with E-state index in [9.17, 15) is 8.78 Å². The van der Waals surface area contributed by atoms with E-state index in [0.717, 1.165) is 5.56 Å². The molecular weight excluding hydrogens is 270 g/mol. The normalized spacial score (nSPS) is 12.4. The van der Waals surface area contributed by atoms with Crippen molar-refractivity contribution in [1.29, 1.82) is 0 Å². The van der Waals surface area contributed by atoms with Crippen LogP contribution in [0, 0.1) is 11.6 Å². The highest BCUT2D eigenvalue weighted by Gasteiger charge is 2.12. The molecule has 2 rings (SSSR count). The Bertz CT molecular complexity index is 558. The molecule has 1 heterocycles. The van der Waals surface area contributed by atoms with Gasteiger partial charge in [0.1, 0.15) is 11.6 Å². The third kappa shape index (κ3) is 3.49. The van der Waals surface area contributed by atoms with Gasteiger partial charge >= 0.3 is 0 Å². The maximum Gasteiger partial charge on any atom is 0.142 e. The van der Waals surface area contributed by atoms with Crippen molar-refractivity contribution in [1.82, 2.24) is 10.3 Å². The predicted octanol–water partition coefficient (Wildman–Crippen LogP) is 3.52. The maximum atomic E-state index is 13.4. The second-order valence-electron chi connectivity index (χ2n) is 4.20. The van der Waals surface area contributed by atoms with Crippen LogP contribution in [-0.4, -0.2) is 12.0 Å². The zero-order valence-corrected chi connectivity index (χ0v) is 11.1. The van der Waals surface area contributed by atoms with Crippen LogP contribution >= 0.6 is 11.6 Å². The zero-order valence-electron chi connectivity index (χ0n) is 10.3. The summed E-state index contributed by atoms with van der Waals surface area (Å²) in [4.78, 5) is 4.03. The summed E-state index contributed by atoms with van der Waals surface area (Å²) >= 11 is 5.64. The highest BCUT2D eigenvalue weighted by atomic mass is 35.5. The number of benzene rings is 1. The van der Waals surface area contributed by atoms with Crippen LogP contribution in [0.1, 0.15) is 17.3 Å². The summed E-state index contributed by atoms with van der Waals surface area (Å²) in [6.45, 7) is 0. The molecule has 0 saturated carbocycles. The quantitative estimate of drug-likeness (QED) is 0.928. The molecule has 0 spiro atoms. The first kappa shape index (κ1) is 13.9. The number of hydrogen-bond donors (Lipinski definition) is 1. The fourth-order valence-corrected chi connectivity index (χ4v) is 1.97. The van der Waals surface area contributed by atoms with Crippen LogP contribution in [0.5, 0.6) is 0 Å². The molecule has 1 N–H and O–H groups in total. The Morgan fingerprint density at radius 2 is 2.05 bits per heavy atom. The van der Waals surface area contributed by atoms with Gasteiger partial charge in [-0.1, -0.05) is 17.7 Å². The van der Waals surface area contributed by atoms with E-state index in [0.29, 0.717) is 12.1 Å². The van der Waals surface area contributed by atoms with Crippen LogP contribution in [0.25, 0.3) is 0 Å². The Labute approximate surface area is 115 Å². The average molecular weight is 283 g/mol. The molecule has 0 amide bonds. The Morgan fingerprint density at radius 1 is 1.26 bits per heavy atom. The molecular formula is C14H13ClF2N2. The Hall–Kier alpha value is -1.52. The lowest BCUT2D eigenvalue weighted by molar-refractivity contribution is 0.562. The molecule has 2 nitrogen and oxygen atoms in total. The molecule has 0 aliphatic heterocycles. The summed E-state index contributed by atoms with van der Waals surface area (Å²) in [5.41, 5.74) is 1.51. The molecule has 5 heteroatoms. The van der Waals surface area contributed by atoms with E-state index in [1.54, 1.807) is 19.2 Å². The van der Waals surface area contributed by atoms with Gasteiger partial charge in [0.05, 0.1) is 23.0 Å². The number of nitrogens with zero attached hydrogens (tertiary/aromatic N) is 1. The van der Waals surface area contributed by atoms with Crippen molar-refractivity contribution in [3.05, 3.63) is 64.4 Å². The number of rotatable bonds is 4.